The Morgan fingerprint density at radius 1 is 1.00 bits per heavy atom. The third-order valence-electron chi connectivity index (χ3n) is 3.36. The summed E-state index contributed by atoms with van der Waals surface area (Å²) in [7, 11) is -1.57. The molecule has 2 aromatic carbocycles. The molecule has 0 aliphatic rings. The van der Waals surface area contributed by atoms with Crippen LogP contribution < -0.4 is 10.8 Å². The number of carboxylic acid groups (broad SMARTS) is 1. The highest BCUT2D eigenvalue weighted by Crippen LogP contribution is 2.05. The summed E-state index contributed by atoms with van der Waals surface area (Å²) >= 11 is 0. The molecule has 0 saturated heterocycles. The molecule has 0 aromatic heterocycles. The van der Waals surface area contributed by atoms with Gasteiger partial charge in [0.05, 0.1) is 0 Å². The van der Waals surface area contributed by atoms with Crippen molar-refractivity contribution in [3.05, 3.63) is 65.7 Å². The molecule has 0 spiro atoms. The Bertz CT molecular complexity index is 673. The average molecular weight is 313 g/mol. The van der Waals surface area contributed by atoms with Gasteiger partial charge in [-0.1, -0.05) is 42.5 Å². The van der Waals surface area contributed by atoms with Crippen molar-refractivity contribution in [3.8, 4) is 0 Å². The number of benzene rings is 2. The van der Waals surface area contributed by atoms with Gasteiger partial charge in [-0.2, -0.15) is 0 Å². The second kappa shape index (κ2) is 7.57. The third-order valence-corrected chi connectivity index (χ3v) is 3.36. The highest BCUT2D eigenvalue weighted by molar-refractivity contribution is 6.58. The fourth-order valence-corrected chi connectivity index (χ4v) is 2.09. The number of nitrogens with one attached hydrogen (secondary N) is 1. The van der Waals surface area contributed by atoms with Gasteiger partial charge in [0, 0.05) is 12.0 Å². The molecule has 23 heavy (non-hydrogen) atoms. The van der Waals surface area contributed by atoms with Crippen molar-refractivity contribution >= 4 is 24.5 Å². The molecule has 6 nitrogen and oxygen atoms in total. The quantitative estimate of drug-likeness (QED) is 0.552. The van der Waals surface area contributed by atoms with Crippen molar-refractivity contribution < 1.29 is 24.7 Å². The summed E-state index contributed by atoms with van der Waals surface area (Å²) in [5.41, 5.74) is 1.36. The van der Waals surface area contributed by atoms with Crippen LogP contribution in [0.2, 0.25) is 0 Å². The summed E-state index contributed by atoms with van der Waals surface area (Å²) in [5.74, 6) is -1.60. The predicted molar refractivity (Wildman–Crippen MR) is 85.3 cm³/mol. The van der Waals surface area contributed by atoms with E-state index in [0.29, 0.717) is 16.6 Å². The Labute approximate surface area is 133 Å². The highest BCUT2D eigenvalue weighted by atomic mass is 16.4. The SMILES string of the molecule is O=C(N[C@@H](Cc1ccc(B(O)O)cc1)C(=O)O)c1ccccc1. The highest BCUT2D eigenvalue weighted by Gasteiger charge is 2.21. The first-order valence-corrected chi connectivity index (χ1v) is 7.01. The van der Waals surface area contributed by atoms with Crippen LogP contribution in [0.25, 0.3) is 0 Å². The lowest BCUT2D eigenvalue weighted by Crippen LogP contribution is -2.42. The van der Waals surface area contributed by atoms with Crippen LogP contribution in [0.1, 0.15) is 15.9 Å². The van der Waals surface area contributed by atoms with Crippen LogP contribution in [0.15, 0.2) is 54.6 Å². The van der Waals surface area contributed by atoms with E-state index < -0.39 is 25.0 Å². The molecule has 2 aromatic rings. The van der Waals surface area contributed by atoms with E-state index in [1.54, 1.807) is 42.5 Å². The zero-order valence-electron chi connectivity index (χ0n) is 12.2. The number of amides is 1. The molecule has 1 amide bonds. The zero-order chi connectivity index (χ0) is 16.8. The summed E-state index contributed by atoms with van der Waals surface area (Å²) in [6.07, 6.45) is 0.0930. The molecule has 0 heterocycles. The second-order valence-corrected chi connectivity index (χ2v) is 5.05. The molecule has 7 heteroatoms. The van der Waals surface area contributed by atoms with Gasteiger partial charge in [0.25, 0.3) is 5.91 Å². The standard InChI is InChI=1S/C16H16BNO5/c19-15(12-4-2-1-3-5-12)18-14(16(20)21)10-11-6-8-13(9-7-11)17(22)23/h1-9,14,22-23H,10H2,(H,18,19)(H,20,21)/t14-/m0/s1. The topological polar surface area (TPSA) is 107 Å². The van der Waals surface area contributed by atoms with Gasteiger partial charge in [-0.15, -0.1) is 0 Å². The third kappa shape index (κ3) is 4.67. The van der Waals surface area contributed by atoms with Crippen LogP contribution in [0.4, 0.5) is 0 Å². The molecular formula is C16H16BNO5. The van der Waals surface area contributed by atoms with E-state index in [0.717, 1.165) is 0 Å². The Morgan fingerprint density at radius 3 is 2.13 bits per heavy atom. The summed E-state index contributed by atoms with van der Waals surface area (Å²) < 4.78 is 0. The van der Waals surface area contributed by atoms with Gasteiger partial charge in [0.1, 0.15) is 6.04 Å². The van der Waals surface area contributed by atoms with Gasteiger partial charge >= 0.3 is 13.1 Å². The van der Waals surface area contributed by atoms with Crippen molar-refractivity contribution in [1.29, 1.82) is 0 Å². The molecule has 0 fully saturated rings. The number of rotatable bonds is 6. The van der Waals surface area contributed by atoms with Crippen molar-refractivity contribution in [2.24, 2.45) is 0 Å². The number of aliphatic carboxylic acids is 1. The van der Waals surface area contributed by atoms with Crippen LogP contribution in [0.5, 0.6) is 0 Å². The second-order valence-electron chi connectivity index (χ2n) is 5.05. The fourth-order valence-electron chi connectivity index (χ4n) is 2.09. The number of carboxylic acids is 1. The van der Waals surface area contributed by atoms with E-state index in [1.807, 2.05) is 0 Å². The summed E-state index contributed by atoms with van der Waals surface area (Å²) in [6, 6.07) is 13.5. The van der Waals surface area contributed by atoms with Crippen LogP contribution in [-0.2, 0) is 11.2 Å². The molecule has 0 aliphatic carbocycles. The average Bonchev–Trinajstić information content (AvgIpc) is 2.55. The van der Waals surface area contributed by atoms with E-state index in [-0.39, 0.29) is 6.42 Å². The smallest absolute Gasteiger partial charge is 0.480 e. The Balaban J connectivity index is 2.07. The molecular weight excluding hydrogens is 297 g/mol. The predicted octanol–water partition coefficient (Wildman–Crippen LogP) is -0.208. The molecule has 118 valence electrons. The first kappa shape index (κ1) is 16.7. The van der Waals surface area contributed by atoms with Crippen molar-refractivity contribution in [1.82, 2.24) is 5.32 Å². The molecule has 0 bridgehead atoms. The monoisotopic (exact) mass is 313 g/mol. The van der Waals surface area contributed by atoms with Crippen molar-refractivity contribution in [3.63, 3.8) is 0 Å². The Kier molecular flexibility index (Phi) is 5.51. The molecule has 0 aliphatic heterocycles. The molecule has 0 radical (unpaired) electrons. The summed E-state index contributed by atoms with van der Waals surface area (Å²) in [5, 5.41) is 29.8. The molecule has 0 saturated carbocycles. The number of hydrogen-bond acceptors (Lipinski definition) is 4. The van der Waals surface area contributed by atoms with Crippen molar-refractivity contribution in [2.75, 3.05) is 0 Å². The van der Waals surface area contributed by atoms with Gasteiger partial charge < -0.3 is 20.5 Å². The van der Waals surface area contributed by atoms with Gasteiger partial charge in [0.2, 0.25) is 0 Å². The maximum absolute atomic E-state index is 12.1. The largest absolute Gasteiger partial charge is 0.488 e. The lowest BCUT2D eigenvalue weighted by Gasteiger charge is -2.15. The van der Waals surface area contributed by atoms with Crippen LogP contribution in [0.3, 0.4) is 0 Å². The maximum Gasteiger partial charge on any atom is 0.488 e. The number of carbonyl (C=O) groups excluding carboxylic acids is 1. The maximum atomic E-state index is 12.1. The number of hydrogen-bond donors (Lipinski definition) is 4. The minimum absolute atomic E-state index is 0.0930. The molecule has 0 unspecified atom stereocenters. The first-order valence-electron chi connectivity index (χ1n) is 7.01. The van der Waals surface area contributed by atoms with Crippen LogP contribution in [-0.4, -0.2) is 40.2 Å². The van der Waals surface area contributed by atoms with Crippen LogP contribution >= 0.6 is 0 Å². The van der Waals surface area contributed by atoms with E-state index in [2.05, 4.69) is 5.32 Å². The summed E-state index contributed by atoms with van der Waals surface area (Å²) in [6.45, 7) is 0. The lowest BCUT2D eigenvalue weighted by atomic mass is 9.80. The van der Waals surface area contributed by atoms with Gasteiger partial charge in [0.15, 0.2) is 0 Å². The Morgan fingerprint density at radius 2 is 1.61 bits per heavy atom. The van der Waals surface area contributed by atoms with E-state index in [9.17, 15) is 14.7 Å². The summed E-state index contributed by atoms with van der Waals surface area (Å²) in [4.78, 5) is 23.4. The zero-order valence-corrected chi connectivity index (χ0v) is 12.2. The van der Waals surface area contributed by atoms with Crippen molar-refractivity contribution in [2.45, 2.75) is 12.5 Å². The fraction of sp³-hybridized carbons (Fsp3) is 0.125. The minimum atomic E-state index is -1.57. The Hall–Kier alpha value is -2.64. The van der Waals surface area contributed by atoms with E-state index >= 15 is 0 Å². The lowest BCUT2D eigenvalue weighted by molar-refractivity contribution is -0.139. The van der Waals surface area contributed by atoms with Gasteiger partial charge in [-0.25, -0.2) is 4.79 Å². The minimum Gasteiger partial charge on any atom is -0.480 e. The van der Waals surface area contributed by atoms with Gasteiger partial charge in [-0.05, 0) is 23.2 Å². The molecule has 1 atom stereocenters. The van der Waals surface area contributed by atoms with E-state index in [1.165, 1.54) is 12.1 Å². The van der Waals surface area contributed by atoms with E-state index in [4.69, 9.17) is 10.0 Å². The van der Waals surface area contributed by atoms with Crippen LogP contribution in [0, 0.1) is 0 Å². The molecule has 4 N–H and O–H groups in total. The first-order chi connectivity index (χ1) is 11.0. The normalized spacial score (nSPS) is 11.6. The molecule has 2 rings (SSSR count). The van der Waals surface area contributed by atoms with Gasteiger partial charge in [-0.3, -0.25) is 4.79 Å². The number of carbonyl (C=O) groups is 2.